The normalized spacial score (nSPS) is 14.4. The Hall–Kier alpha value is -5.02. The van der Waals surface area contributed by atoms with E-state index in [2.05, 4.69) is 4.98 Å². The molecule has 5 aromatic carbocycles. The van der Waals surface area contributed by atoms with E-state index in [-0.39, 0.29) is 57.7 Å². The minimum Gasteiger partial charge on any atom is -0.455 e. The highest BCUT2D eigenvalue weighted by Crippen LogP contribution is 2.40. The van der Waals surface area contributed by atoms with Crippen LogP contribution in [-0.4, -0.2) is 9.97 Å². The third-order valence-corrected chi connectivity index (χ3v) is 6.84. The van der Waals surface area contributed by atoms with Gasteiger partial charge >= 0.3 is 0 Å². The topological polar surface area (TPSA) is 38.9 Å². The molecule has 3 heteroatoms. The van der Waals surface area contributed by atoms with Crippen LogP contribution in [0.1, 0.15) is 9.60 Å². The Labute approximate surface area is 222 Å². The van der Waals surface area contributed by atoms with Gasteiger partial charge in [-0.25, -0.2) is 4.98 Å². The van der Waals surface area contributed by atoms with Gasteiger partial charge in [-0.05, 0) is 34.5 Å². The molecule has 0 bridgehead atoms. The maximum absolute atomic E-state index is 8.93. The summed E-state index contributed by atoms with van der Waals surface area (Å²) in [5.41, 5.74) is 4.00. The van der Waals surface area contributed by atoms with Crippen molar-refractivity contribution in [2.75, 3.05) is 0 Å². The van der Waals surface area contributed by atoms with Gasteiger partial charge in [0.05, 0.1) is 26.3 Å². The second-order valence-corrected chi connectivity index (χ2v) is 8.88. The smallest absolute Gasteiger partial charge is 0.143 e. The molecule has 0 saturated carbocycles. The van der Waals surface area contributed by atoms with Crippen molar-refractivity contribution in [1.82, 2.24) is 9.97 Å². The summed E-state index contributed by atoms with van der Waals surface area (Å²) < 4.78 is 65.6. The molecule has 3 aromatic heterocycles. The molecule has 0 atom stereocenters. The molecule has 0 N–H and O–H groups in total. The number of hydrogen-bond acceptors (Lipinski definition) is 3. The van der Waals surface area contributed by atoms with Gasteiger partial charge in [-0.1, -0.05) is 96.9 Å². The Kier molecular flexibility index (Phi) is 3.04. The van der Waals surface area contributed by atoms with Crippen LogP contribution in [0.5, 0.6) is 0 Å². The summed E-state index contributed by atoms with van der Waals surface area (Å²) in [6, 6.07) is 20.8. The van der Waals surface area contributed by atoms with Crippen LogP contribution < -0.4 is 0 Å². The highest BCUT2D eigenvalue weighted by molar-refractivity contribution is 6.14. The predicted molar refractivity (Wildman–Crippen MR) is 153 cm³/mol. The van der Waals surface area contributed by atoms with E-state index in [9.17, 15) is 0 Å². The third kappa shape index (κ3) is 3.01. The number of benzene rings is 5. The Balaban J connectivity index is 1.44. The fourth-order valence-electron chi connectivity index (χ4n) is 5.13. The minimum absolute atomic E-state index is 0.0351. The lowest BCUT2D eigenvalue weighted by Crippen LogP contribution is -1.91. The van der Waals surface area contributed by atoms with Crippen molar-refractivity contribution in [2.45, 2.75) is 0 Å². The number of aromatic nitrogens is 2. The number of hydrogen-bond donors (Lipinski definition) is 0. The molecule has 8 rings (SSSR count). The molecule has 3 heterocycles. The minimum atomic E-state index is -0.451. The molecule has 0 radical (unpaired) electrons. The predicted octanol–water partition coefficient (Wildman–Crippen LogP) is 9.17. The van der Waals surface area contributed by atoms with Crippen molar-refractivity contribution >= 4 is 54.5 Å². The van der Waals surface area contributed by atoms with E-state index in [1.165, 1.54) is 0 Å². The molecule has 0 fully saturated rings. The van der Waals surface area contributed by atoms with E-state index in [0.29, 0.717) is 5.56 Å². The van der Waals surface area contributed by atoms with Crippen LogP contribution in [-0.2, 0) is 0 Å². The van der Waals surface area contributed by atoms with Crippen molar-refractivity contribution in [3.05, 3.63) is 121 Å². The first-order chi connectivity index (χ1) is 21.3. The fourth-order valence-corrected chi connectivity index (χ4v) is 5.13. The molecule has 172 valence electrons. The fraction of sp³-hybridized carbons (Fsp3) is 0. The molecule has 0 amide bonds. The van der Waals surface area contributed by atoms with Crippen LogP contribution >= 0.6 is 0 Å². The van der Waals surface area contributed by atoms with E-state index in [1.54, 1.807) is 6.20 Å². The number of furan rings is 1. The summed E-state index contributed by atoms with van der Waals surface area (Å²) >= 11 is 0. The summed E-state index contributed by atoms with van der Waals surface area (Å²) in [7, 11) is 0. The summed E-state index contributed by atoms with van der Waals surface area (Å²) in [5, 5.41) is 3.70. The number of fused-ring (bicyclic) bond motifs is 7. The lowest BCUT2D eigenvalue weighted by Gasteiger charge is -2.13. The van der Waals surface area contributed by atoms with E-state index >= 15 is 0 Å². The van der Waals surface area contributed by atoms with Gasteiger partial charge in [-0.3, -0.25) is 4.98 Å². The summed E-state index contributed by atoms with van der Waals surface area (Å²) in [5.74, 6) is 0. The molecule has 8 aromatic rings. The van der Waals surface area contributed by atoms with Gasteiger partial charge in [0.15, 0.2) is 0 Å². The first kappa shape index (κ1) is 14.5. The zero-order valence-electron chi connectivity index (χ0n) is 26.3. The van der Waals surface area contributed by atoms with Gasteiger partial charge in [0.25, 0.3) is 0 Å². The number of nitrogens with zero attached hydrogens (tertiary/aromatic N) is 2. The van der Waals surface area contributed by atoms with E-state index in [4.69, 9.17) is 19.0 Å². The molecule has 0 spiro atoms. The van der Waals surface area contributed by atoms with Crippen LogP contribution in [0.3, 0.4) is 0 Å². The summed E-state index contributed by atoms with van der Waals surface area (Å²) in [4.78, 5) is 9.61. The van der Waals surface area contributed by atoms with Crippen molar-refractivity contribution in [3.63, 3.8) is 0 Å². The average Bonchev–Trinajstić information content (AvgIpc) is 3.46. The molecular formula is C34H20N2O. The highest BCUT2D eigenvalue weighted by atomic mass is 16.3. The molecule has 0 saturated heterocycles. The van der Waals surface area contributed by atoms with Crippen LogP contribution in [0.15, 0.2) is 126 Å². The highest BCUT2D eigenvalue weighted by Gasteiger charge is 2.16. The maximum atomic E-state index is 8.93. The van der Waals surface area contributed by atoms with Crippen molar-refractivity contribution in [2.24, 2.45) is 0 Å². The zero-order chi connectivity index (χ0) is 30.4. The van der Waals surface area contributed by atoms with Gasteiger partial charge in [-0.15, -0.1) is 0 Å². The Morgan fingerprint density at radius 3 is 2.24 bits per heavy atom. The van der Waals surface area contributed by atoms with E-state index in [1.807, 2.05) is 72.8 Å². The van der Waals surface area contributed by atoms with Gasteiger partial charge in [0.1, 0.15) is 11.2 Å². The molecule has 0 aliphatic heterocycles. The Bertz CT molecular complexity index is 2540. The molecule has 0 aliphatic rings. The first-order valence-electron chi connectivity index (χ1n) is 15.4. The number of rotatable bonds is 2. The van der Waals surface area contributed by atoms with Crippen molar-refractivity contribution in [3.8, 4) is 22.4 Å². The number of pyridine rings is 2. The molecule has 0 unspecified atom stereocenters. The van der Waals surface area contributed by atoms with Gasteiger partial charge in [0.2, 0.25) is 0 Å². The summed E-state index contributed by atoms with van der Waals surface area (Å²) in [6.07, 6.45) is 1.75. The standard InChI is InChI=1S/C34H20N2O/c1-2-9-24-23(8-1)25(28-11-5-12-29-27-10-3-4-13-31(27)37-34(28)29)17-18-26(24)30-19-16-22-15-14-21-7-6-20-35-32(21)33(22)36-30/h1-20H/i3D,4D,5D,10D,11D,12D,13D. The molecule has 0 aliphatic carbocycles. The van der Waals surface area contributed by atoms with E-state index in [0.717, 1.165) is 43.8 Å². The van der Waals surface area contributed by atoms with Crippen molar-refractivity contribution in [1.29, 1.82) is 0 Å². The Morgan fingerprint density at radius 2 is 1.32 bits per heavy atom. The Morgan fingerprint density at radius 1 is 0.568 bits per heavy atom. The van der Waals surface area contributed by atoms with Crippen molar-refractivity contribution < 1.29 is 14.0 Å². The van der Waals surface area contributed by atoms with Crippen LogP contribution in [0.4, 0.5) is 0 Å². The van der Waals surface area contributed by atoms with Gasteiger partial charge in [-0.2, -0.15) is 0 Å². The SMILES string of the molecule is [2H]c1c([2H])c([2H])c2c(oc3c(-c4ccc(-c5ccc6ccc7cccnc7c6n5)c5ccccc45)c([2H])c([2H])c([2H])c32)c1[2H]. The lowest BCUT2D eigenvalue weighted by atomic mass is 9.92. The largest absolute Gasteiger partial charge is 0.455 e. The summed E-state index contributed by atoms with van der Waals surface area (Å²) in [6.45, 7) is 0. The number of para-hydroxylation sites is 2. The van der Waals surface area contributed by atoms with Gasteiger partial charge in [0, 0.05) is 38.9 Å². The quantitative estimate of drug-likeness (QED) is 0.232. The third-order valence-electron chi connectivity index (χ3n) is 6.84. The van der Waals surface area contributed by atoms with Crippen LogP contribution in [0.2, 0.25) is 0 Å². The molecular weight excluding hydrogens is 452 g/mol. The monoisotopic (exact) mass is 479 g/mol. The molecule has 3 nitrogen and oxygen atoms in total. The average molecular weight is 480 g/mol. The van der Waals surface area contributed by atoms with Crippen LogP contribution in [0.25, 0.3) is 76.9 Å². The lowest BCUT2D eigenvalue weighted by molar-refractivity contribution is 0.670. The second-order valence-electron chi connectivity index (χ2n) is 8.88. The van der Waals surface area contributed by atoms with Gasteiger partial charge < -0.3 is 4.42 Å². The van der Waals surface area contributed by atoms with Crippen LogP contribution in [0, 0.1) is 0 Å². The molecule has 37 heavy (non-hydrogen) atoms. The second kappa shape index (κ2) is 7.74. The maximum Gasteiger partial charge on any atom is 0.143 e. The zero-order valence-corrected chi connectivity index (χ0v) is 19.3. The first-order valence-corrected chi connectivity index (χ1v) is 11.9. The van der Waals surface area contributed by atoms with E-state index < -0.39 is 12.1 Å².